The fourth-order valence-corrected chi connectivity index (χ4v) is 3.20. The van der Waals surface area contributed by atoms with Gasteiger partial charge in [0.2, 0.25) is 0 Å². The van der Waals surface area contributed by atoms with Crippen molar-refractivity contribution in [3.05, 3.63) is 51.8 Å². The Morgan fingerprint density at radius 3 is 2.48 bits per heavy atom. The van der Waals surface area contributed by atoms with E-state index < -0.39 is 23.9 Å². The second-order valence-electron chi connectivity index (χ2n) is 6.77. The lowest BCUT2D eigenvalue weighted by Crippen LogP contribution is -2.38. The van der Waals surface area contributed by atoms with E-state index in [0.717, 1.165) is 0 Å². The summed E-state index contributed by atoms with van der Waals surface area (Å²) >= 11 is 0. The third-order valence-corrected chi connectivity index (χ3v) is 4.76. The van der Waals surface area contributed by atoms with Crippen LogP contribution in [0.5, 0.6) is 0 Å². The van der Waals surface area contributed by atoms with Crippen LogP contribution in [0.25, 0.3) is 11.6 Å². The molecule has 5 N–H and O–H groups in total. The number of aliphatic carboxylic acids is 1. The molecule has 0 saturated carbocycles. The minimum Gasteiger partial charge on any atom is -0.480 e. The summed E-state index contributed by atoms with van der Waals surface area (Å²) in [4.78, 5) is 50.1. The standard InChI is InChI=1S/C20H19N3O6/c1-8-15(21-9(2)16(8)18(25)22-10(3)19(26)27)7-13-12-6-11(20(28)29)4-5-14(12)23-17(13)24/h4-7,10,21H,1-3H3,(H,22,25)(H,23,24)(H,26,27)(H,28,29). The molecule has 9 heteroatoms. The van der Waals surface area contributed by atoms with Gasteiger partial charge in [0.05, 0.1) is 16.7 Å². The van der Waals surface area contributed by atoms with Gasteiger partial charge in [0, 0.05) is 22.6 Å². The Morgan fingerprint density at radius 1 is 1.17 bits per heavy atom. The van der Waals surface area contributed by atoms with Gasteiger partial charge in [-0.05, 0) is 50.6 Å². The van der Waals surface area contributed by atoms with E-state index in [1.54, 1.807) is 19.9 Å². The Morgan fingerprint density at radius 2 is 1.86 bits per heavy atom. The number of aromatic amines is 1. The molecule has 1 aromatic heterocycles. The molecule has 0 spiro atoms. The number of amides is 2. The van der Waals surface area contributed by atoms with Gasteiger partial charge in [-0.15, -0.1) is 0 Å². The molecule has 0 bridgehead atoms. The van der Waals surface area contributed by atoms with Crippen LogP contribution in [0.3, 0.4) is 0 Å². The first-order valence-corrected chi connectivity index (χ1v) is 8.73. The average Bonchev–Trinajstić information content (AvgIpc) is 3.10. The zero-order valence-electron chi connectivity index (χ0n) is 15.9. The average molecular weight is 397 g/mol. The van der Waals surface area contributed by atoms with E-state index >= 15 is 0 Å². The molecule has 0 aliphatic carbocycles. The van der Waals surface area contributed by atoms with Crippen LogP contribution in [0.15, 0.2) is 18.2 Å². The Labute approximate surface area is 165 Å². The van der Waals surface area contributed by atoms with E-state index in [0.29, 0.717) is 33.8 Å². The molecule has 1 aromatic carbocycles. The van der Waals surface area contributed by atoms with Crippen molar-refractivity contribution in [3.63, 3.8) is 0 Å². The number of nitrogens with one attached hydrogen (secondary N) is 3. The number of hydrogen-bond donors (Lipinski definition) is 5. The normalized spacial score (nSPS) is 15.0. The summed E-state index contributed by atoms with van der Waals surface area (Å²) in [5.74, 6) is -3.19. The van der Waals surface area contributed by atoms with Gasteiger partial charge in [0.1, 0.15) is 6.04 Å². The lowest BCUT2D eigenvalue weighted by molar-refractivity contribution is -0.138. The number of fused-ring (bicyclic) bond motifs is 1. The second kappa shape index (κ2) is 7.27. The maximum Gasteiger partial charge on any atom is 0.335 e. The molecule has 1 atom stereocenters. The highest BCUT2D eigenvalue weighted by atomic mass is 16.4. The number of aromatic carboxylic acids is 1. The van der Waals surface area contributed by atoms with E-state index in [-0.39, 0.29) is 17.0 Å². The number of carboxylic acids is 2. The Balaban J connectivity index is 2.02. The number of aromatic nitrogens is 1. The molecule has 3 rings (SSSR count). The van der Waals surface area contributed by atoms with Crippen molar-refractivity contribution < 1.29 is 29.4 Å². The Bertz CT molecular complexity index is 1100. The lowest BCUT2D eigenvalue weighted by atomic mass is 10.0. The topological polar surface area (TPSA) is 149 Å². The van der Waals surface area contributed by atoms with Gasteiger partial charge in [-0.2, -0.15) is 0 Å². The van der Waals surface area contributed by atoms with Crippen molar-refractivity contribution in [1.82, 2.24) is 10.3 Å². The van der Waals surface area contributed by atoms with Crippen molar-refractivity contribution in [3.8, 4) is 0 Å². The van der Waals surface area contributed by atoms with Crippen LogP contribution in [-0.4, -0.2) is 45.0 Å². The summed E-state index contributed by atoms with van der Waals surface area (Å²) in [5, 5.41) is 23.3. The molecule has 1 unspecified atom stereocenters. The number of hydrogen-bond acceptors (Lipinski definition) is 4. The van der Waals surface area contributed by atoms with E-state index in [2.05, 4.69) is 15.6 Å². The van der Waals surface area contributed by atoms with Gasteiger partial charge in [-0.3, -0.25) is 14.4 Å². The number of carbonyl (C=O) groups is 4. The molecule has 2 heterocycles. The monoisotopic (exact) mass is 397 g/mol. The summed E-state index contributed by atoms with van der Waals surface area (Å²) < 4.78 is 0. The van der Waals surface area contributed by atoms with Crippen LogP contribution in [0.2, 0.25) is 0 Å². The molecule has 29 heavy (non-hydrogen) atoms. The summed E-state index contributed by atoms with van der Waals surface area (Å²) in [6.45, 7) is 4.71. The number of anilines is 1. The van der Waals surface area contributed by atoms with E-state index in [1.807, 2.05) is 0 Å². The smallest absolute Gasteiger partial charge is 0.335 e. The molecule has 2 amide bonds. The van der Waals surface area contributed by atoms with Crippen molar-refractivity contribution in [2.75, 3.05) is 5.32 Å². The fraction of sp³-hybridized carbons (Fsp3) is 0.200. The van der Waals surface area contributed by atoms with Crippen molar-refractivity contribution >= 4 is 41.1 Å². The second-order valence-corrected chi connectivity index (χ2v) is 6.77. The lowest BCUT2D eigenvalue weighted by Gasteiger charge is -2.09. The number of benzene rings is 1. The van der Waals surface area contributed by atoms with Gasteiger partial charge in [0.25, 0.3) is 11.8 Å². The highest BCUT2D eigenvalue weighted by molar-refractivity contribution is 6.35. The number of H-pyrrole nitrogens is 1. The van der Waals surface area contributed by atoms with Crippen LogP contribution in [-0.2, 0) is 9.59 Å². The molecule has 9 nitrogen and oxygen atoms in total. The maximum atomic E-state index is 12.5. The zero-order valence-corrected chi connectivity index (χ0v) is 15.9. The number of rotatable bonds is 5. The molecule has 2 aromatic rings. The minimum absolute atomic E-state index is 0.0493. The molecule has 1 aliphatic heterocycles. The molecule has 0 radical (unpaired) electrons. The molecule has 1 aliphatic rings. The van der Waals surface area contributed by atoms with Crippen LogP contribution >= 0.6 is 0 Å². The van der Waals surface area contributed by atoms with E-state index in [1.165, 1.54) is 25.1 Å². The van der Waals surface area contributed by atoms with E-state index in [9.17, 15) is 24.3 Å². The highest BCUT2D eigenvalue weighted by Gasteiger charge is 2.27. The van der Waals surface area contributed by atoms with E-state index in [4.69, 9.17) is 5.11 Å². The molecule has 150 valence electrons. The molecule has 0 saturated heterocycles. The third-order valence-electron chi connectivity index (χ3n) is 4.76. The highest BCUT2D eigenvalue weighted by Crippen LogP contribution is 2.34. The number of carboxylic acid groups (broad SMARTS) is 2. The Kier molecular flexibility index (Phi) is 4.98. The van der Waals surface area contributed by atoms with Crippen LogP contribution in [0.1, 0.15) is 50.2 Å². The predicted molar refractivity (Wildman–Crippen MR) is 105 cm³/mol. The van der Waals surface area contributed by atoms with Crippen LogP contribution in [0.4, 0.5) is 5.69 Å². The van der Waals surface area contributed by atoms with Crippen molar-refractivity contribution in [2.24, 2.45) is 0 Å². The summed E-state index contributed by atoms with van der Waals surface area (Å²) in [5.41, 5.74) is 3.11. The largest absolute Gasteiger partial charge is 0.480 e. The number of carbonyl (C=O) groups excluding carboxylic acids is 2. The van der Waals surface area contributed by atoms with Crippen LogP contribution < -0.4 is 10.6 Å². The maximum absolute atomic E-state index is 12.5. The fourth-order valence-electron chi connectivity index (χ4n) is 3.20. The summed E-state index contributed by atoms with van der Waals surface area (Å²) in [7, 11) is 0. The predicted octanol–water partition coefficient (Wildman–Crippen LogP) is 2.03. The molecular formula is C20H19N3O6. The molecule has 0 fully saturated rings. The van der Waals surface area contributed by atoms with Crippen molar-refractivity contribution in [1.29, 1.82) is 0 Å². The number of aryl methyl sites for hydroxylation is 1. The minimum atomic E-state index is -1.15. The first kappa shape index (κ1) is 19.9. The summed E-state index contributed by atoms with van der Waals surface area (Å²) in [6, 6.07) is 3.28. The van der Waals surface area contributed by atoms with Gasteiger partial charge >= 0.3 is 11.9 Å². The van der Waals surface area contributed by atoms with Gasteiger partial charge < -0.3 is 25.8 Å². The first-order valence-electron chi connectivity index (χ1n) is 8.73. The summed E-state index contributed by atoms with van der Waals surface area (Å²) in [6.07, 6.45) is 1.55. The quantitative estimate of drug-likeness (QED) is 0.488. The zero-order chi connectivity index (χ0) is 21.5. The Hall–Kier alpha value is -3.88. The third kappa shape index (κ3) is 3.62. The van der Waals surface area contributed by atoms with Gasteiger partial charge in [-0.1, -0.05) is 0 Å². The van der Waals surface area contributed by atoms with Crippen LogP contribution in [0, 0.1) is 13.8 Å². The van der Waals surface area contributed by atoms with Gasteiger partial charge in [0.15, 0.2) is 0 Å². The van der Waals surface area contributed by atoms with Gasteiger partial charge in [-0.25, -0.2) is 4.79 Å². The first-order chi connectivity index (χ1) is 13.6. The SMILES string of the molecule is Cc1[nH]c(C=C2C(=O)Nc3ccc(C(=O)O)cc32)c(C)c1C(=O)NC(C)C(=O)O. The molecular weight excluding hydrogens is 378 g/mol. The van der Waals surface area contributed by atoms with Crippen molar-refractivity contribution in [2.45, 2.75) is 26.8 Å².